The van der Waals surface area contributed by atoms with Crippen LogP contribution in [-0.4, -0.2) is 29.1 Å². The van der Waals surface area contributed by atoms with Crippen LogP contribution in [0.3, 0.4) is 0 Å². The van der Waals surface area contributed by atoms with Crippen molar-refractivity contribution < 1.29 is 33.0 Å². The third-order valence-corrected chi connectivity index (χ3v) is 16.7. The average molecular weight is 738 g/mol. The van der Waals surface area contributed by atoms with Crippen molar-refractivity contribution in [2.75, 3.05) is 0 Å². The number of carbonyl (C=O) groups excluding carboxylic acids is 2. The van der Waals surface area contributed by atoms with Crippen molar-refractivity contribution >= 4 is 17.8 Å². The minimum Gasteiger partial charge on any atom is -0.481 e. The summed E-state index contributed by atoms with van der Waals surface area (Å²) in [5, 5.41) is 12.4. The molecule has 5 fully saturated rings. The Morgan fingerprint density at radius 1 is 0.887 bits per heavy atom. The van der Waals surface area contributed by atoms with Crippen LogP contribution >= 0.6 is 0 Å². The largest absolute Gasteiger partial charge is 0.481 e. The highest BCUT2D eigenvalue weighted by Gasteiger charge is 2.71. The molecule has 8 heteroatoms. The molecule has 0 radical (unpaired) electrons. The Bertz CT molecular complexity index is 1640. The quantitative estimate of drug-likeness (QED) is 0.184. The van der Waals surface area contributed by atoms with Gasteiger partial charge in [0.25, 0.3) is 0 Å². The topological polar surface area (TPSA) is 92.7 Å². The maximum atomic E-state index is 13.9. The van der Waals surface area contributed by atoms with E-state index in [1.165, 1.54) is 11.6 Å². The Morgan fingerprint density at radius 2 is 1.60 bits per heavy atom. The molecule has 5 aliphatic rings. The number of carboxylic acid groups (broad SMARTS) is 1. The van der Waals surface area contributed by atoms with Crippen LogP contribution in [0.15, 0.2) is 30.4 Å². The first-order valence-electron chi connectivity index (χ1n) is 20.4. The van der Waals surface area contributed by atoms with E-state index in [0.29, 0.717) is 41.6 Å². The van der Waals surface area contributed by atoms with Crippen molar-refractivity contribution in [1.29, 1.82) is 0 Å². The van der Waals surface area contributed by atoms with E-state index in [9.17, 15) is 28.3 Å². The minimum absolute atomic E-state index is 0.0104. The zero-order valence-electron chi connectivity index (χ0n) is 33.6. The zero-order valence-corrected chi connectivity index (χ0v) is 33.6. The monoisotopic (exact) mass is 737 g/mol. The lowest BCUT2D eigenvalue weighted by Gasteiger charge is -2.73. The predicted octanol–water partition coefficient (Wildman–Crippen LogP) is 10.4. The smallest absolute Gasteiger partial charge is 0.306 e. The molecule has 0 unspecified atom stereocenters. The molecule has 10 atom stereocenters. The summed E-state index contributed by atoms with van der Waals surface area (Å²) in [7, 11) is 0. The third-order valence-electron chi connectivity index (χ3n) is 16.7. The highest BCUT2D eigenvalue weighted by Crippen LogP contribution is 2.78. The maximum Gasteiger partial charge on any atom is 0.306 e. The number of hydrogen-bond acceptors (Lipinski definition) is 4. The maximum absolute atomic E-state index is 13.9. The molecule has 1 aromatic rings. The number of fused-ring (bicyclic) bond motifs is 7. The number of ether oxygens (including phenoxy) is 1. The highest BCUT2D eigenvalue weighted by atomic mass is 19.2. The number of allylic oxidation sites excluding steroid dienone is 1. The number of esters is 1. The van der Waals surface area contributed by atoms with Crippen LogP contribution in [0.1, 0.15) is 144 Å². The molecule has 2 N–H and O–H groups in total. The van der Waals surface area contributed by atoms with Gasteiger partial charge in [0.1, 0.15) is 6.10 Å². The number of aliphatic carboxylic acids is 1. The zero-order chi connectivity index (χ0) is 38.9. The summed E-state index contributed by atoms with van der Waals surface area (Å²) in [4.78, 5) is 38.3. The van der Waals surface area contributed by atoms with E-state index >= 15 is 0 Å². The molecule has 1 amide bonds. The van der Waals surface area contributed by atoms with E-state index < -0.39 is 23.0 Å². The van der Waals surface area contributed by atoms with Crippen LogP contribution in [0.25, 0.3) is 0 Å². The van der Waals surface area contributed by atoms with Crippen LogP contribution in [0.4, 0.5) is 8.78 Å². The van der Waals surface area contributed by atoms with Gasteiger partial charge in [0, 0.05) is 18.4 Å². The molecule has 0 spiro atoms. The molecule has 53 heavy (non-hydrogen) atoms. The highest BCUT2D eigenvalue weighted by molar-refractivity contribution is 5.77. The number of carboxylic acids is 1. The molecule has 0 saturated heterocycles. The molecule has 0 heterocycles. The van der Waals surface area contributed by atoms with Gasteiger partial charge in [0.15, 0.2) is 11.6 Å². The number of halogens is 2. The van der Waals surface area contributed by atoms with E-state index in [4.69, 9.17) is 4.74 Å². The summed E-state index contributed by atoms with van der Waals surface area (Å²) < 4.78 is 33.7. The lowest BCUT2D eigenvalue weighted by molar-refractivity contribution is -0.250. The second-order valence-electron chi connectivity index (χ2n) is 20.5. The van der Waals surface area contributed by atoms with E-state index in [1.807, 2.05) is 13.8 Å². The van der Waals surface area contributed by atoms with Crippen LogP contribution < -0.4 is 5.32 Å². The van der Waals surface area contributed by atoms with E-state index in [1.54, 1.807) is 0 Å². The molecule has 0 bridgehead atoms. The lowest BCUT2D eigenvalue weighted by Crippen LogP contribution is -2.67. The SMILES string of the molecule is C=C(C)[C@@H]1CC[C@]2(CC(=O)NCc3ccc(F)c(F)c3)CC[C@]3(C)[C@H](CC[C@@H]4[C@@]5(C)CC[C@H](OC(=O)CC(C)(C)CC(=O)O)C(C)(C)[C@@H]5CC[C@]43C)[C@@H]12. The first kappa shape index (κ1) is 39.9. The number of carbonyl (C=O) groups is 3. The van der Waals surface area contributed by atoms with Gasteiger partial charge in [-0.05, 0) is 145 Å². The molecule has 6 rings (SSSR count). The van der Waals surface area contributed by atoms with Gasteiger partial charge in [-0.3, -0.25) is 14.4 Å². The number of rotatable bonds is 10. The van der Waals surface area contributed by atoms with E-state index in [0.717, 1.165) is 76.3 Å². The van der Waals surface area contributed by atoms with Gasteiger partial charge in [-0.25, -0.2) is 8.78 Å². The summed E-state index contributed by atoms with van der Waals surface area (Å²) in [5.74, 6) is -0.795. The number of amides is 1. The van der Waals surface area contributed by atoms with Crippen molar-refractivity contribution in [3.8, 4) is 0 Å². The van der Waals surface area contributed by atoms with Crippen molar-refractivity contribution in [3.63, 3.8) is 0 Å². The van der Waals surface area contributed by atoms with Crippen LogP contribution in [0.5, 0.6) is 0 Å². The van der Waals surface area contributed by atoms with E-state index in [-0.39, 0.29) is 64.4 Å². The Balaban J connectivity index is 1.21. The van der Waals surface area contributed by atoms with Gasteiger partial charge >= 0.3 is 11.9 Å². The first-order chi connectivity index (χ1) is 24.6. The van der Waals surface area contributed by atoms with Gasteiger partial charge in [0.2, 0.25) is 5.91 Å². The van der Waals surface area contributed by atoms with Gasteiger partial charge in [-0.15, -0.1) is 0 Å². The van der Waals surface area contributed by atoms with Crippen molar-refractivity contribution in [3.05, 3.63) is 47.5 Å². The molecule has 0 aromatic heterocycles. The van der Waals surface area contributed by atoms with Crippen LogP contribution in [-0.2, 0) is 25.7 Å². The Kier molecular flexibility index (Phi) is 10.4. The fourth-order valence-corrected chi connectivity index (χ4v) is 14.1. The Morgan fingerprint density at radius 3 is 2.26 bits per heavy atom. The molecule has 294 valence electrons. The Hall–Kier alpha value is -2.77. The molecule has 5 aliphatic carbocycles. The van der Waals surface area contributed by atoms with Crippen LogP contribution in [0.2, 0.25) is 0 Å². The Labute approximate surface area is 316 Å². The van der Waals surface area contributed by atoms with Gasteiger partial charge < -0.3 is 15.2 Å². The molecule has 5 saturated carbocycles. The summed E-state index contributed by atoms with van der Waals surface area (Å²) in [5.41, 5.74) is 1.17. The summed E-state index contributed by atoms with van der Waals surface area (Å²) >= 11 is 0. The molecular weight excluding hydrogens is 672 g/mol. The molecule has 6 nitrogen and oxygen atoms in total. The number of benzene rings is 1. The minimum atomic E-state index is -0.903. The second-order valence-corrected chi connectivity index (χ2v) is 20.5. The van der Waals surface area contributed by atoms with Gasteiger partial charge in [-0.2, -0.15) is 0 Å². The van der Waals surface area contributed by atoms with Crippen molar-refractivity contribution in [1.82, 2.24) is 5.32 Å². The van der Waals surface area contributed by atoms with Gasteiger partial charge in [-0.1, -0.05) is 66.7 Å². The van der Waals surface area contributed by atoms with Crippen LogP contribution in [0, 0.1) is 73.7 Å². The summed E-state index contributed by atoms with van der Waals surface area (Å²) in [6.45, 7) is 22.8. The molecule has 0 aliphatic heterocycles. The summed E-state index contributed by atoms with van der Waals surface area (Å²) in [6, 6.07) is 3.80. The number of hydrogen-bond donors (Lipinski definition) is 2. The number of nitrogens with one attached hydrogen (secondary N) is 1. The fourth-order valence-electron chi connectivity index (χ4n) is 14.1. The van der Waals surface area contributed by atoms with Gasteiger partial charge in [0.05, 0.1) is 12.8 Å². The van der Waals surface area contributed by atoms with E-state index in [2.05, 4.69) is 53.4 Å². The first-order valence-corrected chi connectivity index (χ1v) is 20.4. The second kappa shape index (κ2) is 13.8. The fraction of sp³-hybridized carbons (Fsp3) is 0.756. The summed E-state index contributed by atoms with van der Waals surface area (Å²) in [6.07, 6.45) is 10.8. The average Bonchev–Trinajstić information content (AvgIpc) is 3.42. The third kappa shape index (κ3) is 6.78. The predicted molar refractivity (Wildman–Crippen MR) is 202 cm³/mol. The molecular formula is C45H65F2NO5. The molecule has 1 aromatic carbocycles. The normalized spacial score (nSPS) is 38.8. The standard InChI is InChI=1S/C45H65F2NO5/c1-27(2)29-14-19-45(23-36(49)48-26-28-10-12-31(46)32(47)22-28)21-20-43(8)30(39(29)45)11-13-34-42(7)17-16-35(41(5,6)33(42)15-18-44(34,43)9)53-38(52)25-40(3,4)24-37(50)51/h10,12,22,29-30,33-35,39H,1,11,13-21,23-26H2,2-9H3,(H,48,49)(H,50,51)/t29-,30+,33-,34+,35-,39+,42-,43+,44+,45+/m0/s1. The lowest BCUT2D eigenvalue weighted by atomic mass is 9.32. The van der Waals surface area contributed by atoms with Crippen molar-refractivity contribution in [2.45, 2.75) is 152 Å². The van der Waals surface area contributed by atoms with Crippen molar-refractivity contribution in [2.24, 2.45) is 62.1 Å².